The smallest absolute Gasteiger partial charge is 0.297 e. The molecule has 21 heavy (non-hydrogen) atoms. The highest BCUT2D eigenvalue weighted by Gasteiger charge is 2.18. The molecule has 0 unspecified atom stereocenters. The maximum atomic E-state index is 12.8. The van der Waals surface area contributed by atoms with Crippen molar-refractivity contribution in [3.63, 3.8) is 0 Å². The molecule has 0 radical (unpaired) electrons. The molecule has 0 amide bonds. The molecule has 2 rings (SSSR count). The Morgan fingerprint density at radius 2 is 1.67 bits per heavy atom. The van der Waals surface area contributed by atoms with Crippen molar-refractivity contribution in [1.82, 2.24) is 0 Å². The molecule has 0 aliphatic rings. The van der Waals surface area contributed by atoms with Crippen LogP contribution in [0.3, 0.4) is 0 Å². The molecule has 0 spiro atoms. The highest BCUT2D eigenvalue weighted by molar-refractivity contribution is 7.86. The minimum absolute atomic E-state index is 0.0272. The van der Waals surface area contributed by atoms with Gasteiger partial charge in [0, 0.05) is 0 Å². The van der Waals surface area contributed by atoms with E-state index in [1.807, 2.05) is 6.92 Å². The molecular formula is C15H15FO4S. The van der Waals surface area contributed by atoms with E-state index >= 15 is 0 Å². The first kappa shape index (κ1) is 15.6. The van der Waals surface area contributed by atoms with Crippen molar-refractivity contribution in [2.24, 2.45) is 0 Å². The summed E-state index contributed by atoms with van der Waals surface area (Å²) in [5.41, 5.74) is 1.32. The molecule has 1 atom stereocenters. The van der Waals surface area contributed by atoms with Crippen LogP contribution in [0.25, 0.3) is 0 Å². The summed E-state index contributed by atoms with van der Waals surface area (Å²) >= 11 is 0. The second kappa shape index (κ2) is 6.34. The third-order valence-corrected chi connectivity index (χ3v) is 4.24. The van der Waals surface area contributed by atoms with Gasteiger partial charge in [-0.2, -0.15) is 8.42 Å². The number of halogens is 1. The molecule has 2 aromatic carbocycles. The Morgan fingerprint density at radius 1 is 1.10 bits per heavy atom. The third kappa shape index (κ3) is 4.10. The summed E-state index contributed by atoms with van der Waals surface area (Å²) < 4.78 is 41.5. The van der Waals surface area contributed by atoms with Gasteiger partial charge < -0.3 is 5.11 Å². The Kier molecular flexibility index (Phi) is 4.72. The minimum atomic E-state index is -3.92. The fourth-order valence-electron chi connectivity index (χ4n) is 1.71. The Balaban J connectivity index is 2.04. The van der Waals surface area contributed by atoms with Gasteiger partial charge in [0.05, 0.1) is 11.5 Å². The van der Waals surface area contributed by atoms with E-state index in [9.17, 15) is 17.9 Å². The lowest BCUT2D eigenvalue weighted by Gasteiger charge is -2.12. The summed E-state index contributed by atoms with van der Waals surface area (Å²) in [4.78, 5) is 0.0272. The van der Waals surface area contributed by atoms with Crippen molar-refractivity contribution in [1.29, 1.82) is 0 Å². The fraction of sp³-hybridized carbons (Fsp3) is 0.200. The van der Waals surface area contributed by atoms with Crippen molar-refractivity contribution in [2.75, 3.05) is 6.61 Å². The van der Waals surface area contributed by atoms with Gasteiger partial charge in [0.15, 0.2) is 0 Å². The summed E-state index contributed by atoms with van der Waals surface area (Å²) in [6.45, 7) is 1.41. The molecule has 6 heteroatoms. The zero-order valence-electron chi connectivity index (χ0n) is 11.4. The van der Waals surface area contributed by atoms with E-state index in [-0.39, 0.29) is 4.90 Å². The quantitative estimate of drug-likeness (QED) is 0.862. The predicted octanol–water partition coefficient (Wildman–Crippen LogP) is 2.57. The van der Waals surface area contributed by atoms with Gasteiger partial charge in [-0.3, -0.25) is 4.18 Å². The van der Waals surface area contributed by atoms with Gasteiger partial charge in [-0.25, -0.2) is 4.39 Å². The van der Waals surface area contributed by atoms with Crippen LogP contribution < -0.4 is 0 Å². The van der Waals surface area contributed by atoms with Gasteiger partial charge in [-0.1, -0.05) is 29.8 Å². The lowest BCUT2D eigenvalue weighted by molar-refractivity contribution is 0.111. The van der Waals surface area contributed by atoms with Gasteiger partial charge in [0.25, 0.3) is 10.1 Å². The van der Waals surface area contributed by atoms with E-state index in [1.54, 1.807) is 12.1 Å². The molecule has 0 bridgehead atoms. The number of aliphatic hydroxyl groups excluding tert-OH is 1. The Bertz CT molecular complexity index is 693. The average molecular weight is 310 g/mol. The second-order valence-electron chi connectivity index (χ2n) is 4.62. The molecule has 0 aliphatic carbocycles. The van der Waals surface area contributed by atoms with Crippen LogP contribution in [0.4, 0.5) is 4.39 Å². The maximum absolute atomic E-state index is 12.8. The number of hydrogen-bond acceptors (Lipinski definition) is 4. The second-order valence-corrected chi connectivity index (χ2v) is 6.23. The summed E-state index contributed by atoms with van der Waals surface area (Å²) in [5, 5.41) is 9.85. The number of aliphatic hydroxyl groups is 1. The van der Waals surface area contributed by atoms with Gasteiger partial charge >= 0.3 is 0 Å². The van der Waals surface area contributed by atoms with Crippen molar-refractivity contribution in [3.8, 4) is 0 Å². The van der Waals surface area contributed by atoms with Crippen LogP contribution >= 0.6 is 0 Å². The van der Waals surface area contributed by atoms with Crippen molar-refractivity contribution in [3.05, 3.63) is 65.5 Å². The molecule has 0 fully saturated rings. The van der Waals surface area contributed by atoms with Gasteiger partial charge in [-0.05, 0) is 36.8 Å². The number of aryl methyl sites for hydroxylation is 1. The summed E-state index contributed by atoms with van der Waals surface area (Å²) in [7, 11) is -3.92. The fourth-order valence-corrected chi connectivity index (χ4v) is 2.62. The normalized spacial score (nSPS) is 13.1. The lowest BCUT2D eigenvalue weighted by Crippen LogP contribution is -2.13. The Hall–Kier alpha value is -1.76. The molecule has 4 nitrogen and oxygen atoms in total. The van der Waals surface area contributed by atoms with E-state index in [1.165, 1.54) is 36.4 Å². The highest BCUT2D eigenvalue weighted by atomic mass is 32.2. The number of hydrogen-bond donors (Lipinski definition) is 1. The van der Waals surface area contributed by atoms with Crippen molar-refractivity contribution >= 4 is 10.1 Å². The zero-order chi connectivity index (χ0) is 15.5. The lowest BCUT2D eigenvalue weighted by atomic mass is 10.1. The predicted molar refractivity (Wildman–Crippen MR) is 75.7 cm³/mol. The van der Waals surface area contributed by atoms with Gasteiger partial charge in [0.1, 0.15) is 11.9 Å². The molecule has 0 heterocycles. The van der Waals surface area contributed by atoms with Crippen LogP contribution in [0.2, 0.25) is 0 Å². The van der Waals surface area contributed by atoms with Crippen LogP contribution in [-0.4, -0.2) is 20.1 Å². The van der Waals surface area contributed by atoms with Crippen LogP contribution in [0.1, 0.15) is 17.2 Å². The van der Waals surface area contributed by atoms with Crippen molar-refractivity contribution < 1.29 is 22.1 Å². The van der Waals surface area contributed by atoms with Crippen LogP contribution in [0.5, 0.6) is 0 Å². The molecule has 2 aromatic rings. The number of rotatable bonds is 5. The molecule has 1 N–H and O–H groups in total. The van der Waals surface area contributed by atoms with Gasteiger partial charge in [0.2, 0.25) is 0 Å². The maximum Gasteiger partial charge on any atom is 0.297 e. The molecular weight excluding hydrogens is 295 g/mol. The summed E-state index contributed by atoms with van der Waals surface area (Å²) in [6.07, 6.45) is -1.15. The highest BCUT2D eigenvalue weighted by Crippen LogP contribution is 2.18. The minimum Gasteiger partial charge on any atom is -0.386 e. The van der Waals surface area contributed by atoms with E-state index in [0.29, 0.717) is 5.56 Å². The third-order valence-electron chi connectivity index (χ3n) is 2.95. The van der Waals surface area contributed by atoms with Crippen molar-refractivity contribution in [2.45, 2.75) is 17.9 Å². The summed E-state index contributed by atoms with van der Waals surface area (Å²) in [6, 6.07) is 11.3. The van der Waals surface area contributed by atoms with E-state index in [0.717, 1.165) is 5.56 Å². The van der Waals surface area contributed by atoms with Crippen LogP contribution in [-0.2, 0) is 14.3 Å². The van der Waals surface area contributed by atoms with E-state index in [2.05, 4.69) is 0 Å². The monoisotopic (exact) mass is 310 g/mol. The Labute approximate surface area is 122 Å². The molecule has 0 aliphatic heterocycles. The molecule has 112 valence electrons. The Morgan fingerprint density at radius 3 is 2.24 bits per heavy atom. The van der Waals surface area contributed by atoms with E-state index in [4.69, 9.17) is 4.18 Å². The van der Waals surface area contributed by atoms with Crippen LogP contribution in [0.15, 0.2) is 53.4 Å². The first-order valence-corrected chi connectivity index (χ1v) is 7.69. The average Bonchev–Trinajstić information content (AvgIpc) is 2.46. The largest absolute Gasteiger partial charge is 0.386 e. The first-order valence-electron chi connectivity index (χ1n) is 6.28. The standard InChI is InChI=1S/C15H15FO4S/c1-11-2-8-14(9-3-11)21(18,19)20-10-15(17)12-4-6-13(16)7-5-12/h2-9,15,17H,10H2,1H3/t15-/m0/s1. The SMILES string of the molecule is Cc1ccc(S(=O)(=O)OC[C@H](O)c2ccc(F)cc2)cc1. The van der Waals surface area contributed by atoms with Gasteiger partial charge in [-0.15, -0.1) is 0 Å². The van der Waals surface area contributed by atoms with E-state index < -0.39 is 28.6 Å². The molecule has 0 aromatic heterocycles. The topological polar surface area (TPSA) is 63.6 Å². The first-order chi connectivity index (χ1) is 9.88. The molecule has 0 saturated heterocycles. The summed E-state index contributed by atoms with van der Waals surface area (Å²) in [5.74, 6) is -0.431. The zero-order valence-corrected chi connectivity index (χ0v) is 12.2. The number of benzene rings is 2. The molecule has 0 saturated carbocycles. The van der Waals surface area contributed by atoms with Crippen LogP contribution in [0, 0.1) is 12.7 Å².